The summed E-state index contributed by atoms with van der Waals surface area (Å²) in [5.74, 6) is 0. The Morgan fingerprint density at radius 1 is 0.283 bits per heavy atom. The first-order chi connectivity index (χ1) is 48.9. The Morgan fingerprint density at radius 2 is 0.606 bits per heavy atom. The summed E-state index contributed by atoms with van der Waals surface area (Å²) in [6.07, 6.45) is 45.2. The molecule has 0 saturated heterocycles. The van der Waals surface area contributed by atoms with E-state index in [1.165, 1.54) is 277 Å². The van der Waals surface area contributed by atoms with Gasteiger partial charge in [0.25, 0.3) is 0 Å². The molecule has 0 aliphatic heterocycles. The number of hydrogen-bond acceptors (Lipinski definition) is 4. The minimum absolute atomic E-state index is 0.0884. The molecule has 3 aromatic heterocycles. The molecule has 11 aromatic rings. The molecule has 5 heteroatoms. The van der Waals surface area contributed by atoms with E-state index in [0.29, 0.717) is 0 Å². The molecule has 0 bridgehead atoms. The Balaban J connectivity index is 0.972. The number of hydrogen-bond donors (Lipinski definition) is 0. The van der Waals surface area contributed by atoms with Crippen molar-refractivity contribution in [2.24, 2.45) is 0 Å². The van der Waals surface area contributed by atoms with E-state index in [0.717, 1.165) is 23.9 Å². The first kappa shape index (κ1) is 70.2. The van der Waals surface area contributed by atoms with Gasteiger partial charge in [-0.2, -0.15) is 0 Å². The molecule has 8 aromatic carbocycles. The summed E-state index contributed by atoms with van der Waals surface area (Å²) in [6, 6.07) is 71.2. The first-order valence-electron chi connectivity index (χ1n) is 38.5. The minimum atomic E-state index is -0.173. The summed E-state index contributed by atoms with van der Waals surface area (Å²) in [4.78, 5) is 2.54. The normalized spacial score (nSPS) is 13.5. The van der Waals surface area contributed by atoms with Gasteiger partial charge < -0.3 is 0 Å². The van der Waals surface area contributed by atoms with Crippen molar-refractivity contribution in [1.29, 1.82) is 0 Å². The van der Waals surface area contributed by atoms with E-state index in [9.17, 15) is 0 Å². The van der Waals surface area contributed by atoms with Crippen LogP contribution in [0.3, 0.4) is 0 Å². The van der Waals surface area contributed by atoms with E-state index in [1.807, 2.05) is 22.7 Å². The Hall–Kier alpha value is -7.24. The zero-order chi connectivity index (χ0) is 67.6. The third-order valence-electron chi connectivity index (χ3n) is 22.3. The first-order valence-corrected chi connectivity index (χ1v) is 41.8. The Bertz CT molecular complexity index is 4420. The van der Waals surface area contributed by atoms with E-state index in [1.54, 1.807) is 11.1 Å². The molecule has 2 aliphatic rings. The summed E-state index contributed by atoms with van der Waals surface area (Å²) >= 11 is 3.46. The molecular weight excluding hydrogens is 1300 g/mol. The average molecular weight is 1400 g/mol. The second kappa shape index (κ2) is 34.4. The molecule has 0 radical (unpaired) electrons. The molecule has 0 atom stereocenters. The van der Waals surface area contributed by atoms with Crippen molar-refractivity contribution in [3.05, 3.63) is 236 Å². The maximum absolute atomic E-state index is 5.22. The Labute approximate surface area is 608 Å². The van der Waals surface area contributed by atoms with Gasteiger partial charge in [0, 0.05) is 15.2 Å². The topological polar surface area (TPSA) is 25.8 Å². The monoisotopic (exact) mass is 1400 g/mol. The van der Waals surface area contributed by atoms with Crippen LogP contribution in [0.2, 0.25) is 0 Å². The van der Waals surface area contributed by atoms with Gasteiger partial charge in [0.2, 0.25) is 0 Å². The van der Waals surface area contributed by atoms with Crippen LogP contribution < -0.4 is 0 Å². The van der Waals surface area contributed by atoms with Crippen LogP contribution in [0.1, 0.15) is 251 Å². The number of aromatic nitrogens is 2. The van der Waals surface area contributed by atoms with Crippen LogP contribution in [0, 0.1) is 0 Å². The zero-order valence-electron chi connectivity index (χ0n) is 59.7. The van der Waals surface area contributed by atoms with Gasteiger partial charge in [0.15, 0.2) is 0 Å². The molecule has 508 valence electrons. The molecule has 13 rings (SSSR count). The van der Waals surface area contributed by atoms with Crippen LogP contribution >= 0.6 is 22.7 Å². The van der Waals surface area contributed by atoms with Gasteiger partial charge in [-0.15, -0.1) is 22.7 Å². The molecule has 2 nitrogen and oxygen atoms in total. The van der Waals surface area contributed by atoms with Gasteiger partial charge in [-0.25, -0.2) is 0 Å². The van der Waals surface area contributed by atoms with E-state index in [-0.39, 0.29) is 25.8 Å². The zero-order valence-corrected chi connectivity index (χ0v) is 63.0. The number of fused-ring (bicyclic) bond motifs is 7. The molecule has 0 amide bonds. The van der Waals surface area contributed by atoms with Crippen LogP contribution in [-0.2, 0) is 10.8 Å². The van der Waals surface area contributed by atoms with Crippen molar-refractivity contribution in [2.75, 3.05) is 0 Å². The number of nitrogens with zero attached hydrogens (tertiary/aromatic N) is 2. The van der Waals surface area contributed by atoms with Crippen molar-refractivity contribution in [3.63, 3.8) is 0 Å². The second-order valence-corrected chi connectivity index (χ2v) is 31.9. The standard InChI is InChI=1S/C94H104N2S2Se/c1-5-9-13-17-21-31-57-93(58-32-22-18-14-10-6-2)87-65-71(69-37-27-25-28-38-69)45-51-81(87)83-53-47-75(67-89(83)93)85-63-73(44-50-78-42-36-62-98-78)86(64-72(85)43-49-77-41-35-61-97-77)76-48-54-84-82-52-46-74(80-56-55-79(70-39-29-26-30-40-70)91-92(80)96-99-95-91)66-88(82)94(90(84)68-76,59-33-23-19-15-11-7-3)60-34-24-20-16-12-8-4/h25-30,35-56,61-68H,5-24,31-34,57-60H2,1-4H3/b49-43+,50-44+. The molecule has 0 spiro atoms. The number of benzene rings is 8. The van der Waals surface area contributed by atoms with Gasteiger partial charge in [-0.3, -0.25) is 0 Å². The number of thiophene rings is 2. The fraction of sp³-hybridized carbons (Fsp3) is 0.362. The molecule has 0 unspecified atom stereocenters. The van der Waals surface area contributed by atoms with Crippen molar-refractivity contribution >= 4 is 73.0 Å². The summed E-state index contributed by atoms with van der Waals surface area (Å²) < 4.78 is 10.3. The average Bonchev–Trinajstić information content (AvgIpc) is 1.57. The molecule has 0 N–H and O–H groups in total. The van der Waals surface area contributed by atoms with Crippen LogP contribution in [-0.4, -0.2) is 22.9 Å². The van der Waals surface area contributed by atoms with E-state index >= 15 is 0 Å². The Kier molecular flexibility index (Phi) is 24.4. The third kappa shape index (κ3) is 15.9. The van der Waals surface area contributed by atoms with Crippen molar-refractivity contribution < 1.29 is 0 Å². The number of unbranched alkanes of at least 4 members (excludes halogenated alkanes) is 20. The van der Waals surface area contributed by atoms with E-state index < -0.39 is 0 Å². The predicted molar refractivity (Wildman–Crippen MR) is 435 cm³/mol. The quantitative estimate of drug-likeness (QED) is 0.0286. The number of rotatable bonds is 37. The van der Waals surface area contributed by atoms with Crippen LogP contribution in [0.5, 0.6) is 0 Å². The molecule has 3 heterocycles. The summed E-state index contributed by atoms with van der Waals surface area (Å²) in [5, 5.41) is 4.43. The minimum Gasteiger partial charge on any atom is -0.144 e. The molecule has 2 aliphatic carbocycles. The molecular formula is C94H104N2S2Se. The maximum atomic E-state index is 5.22. The fourth-order valence-electron chi connectivity index (χ4n) is 16.9. The van der Waals surface area contributed by atoms with Gasteiger partial charge in [-0.05, 0) is 116 Å². The van der Waals surface area contributed by atoms with Crippen LogP contribution in [0.25, 0.3) is 113 Å². The molecule has 99 heavy (non-hydrogen) atoms. The molecule has 0 fully saturated rings. The Morgan fingerprint density at radius 3 is 0.980 bits per heavy atom. The van der Waals surface area contributed by atoms with E-state index in [2.05, 4.69) is 245 Å². The summed E-state index contributed by atoms with van der Waals surface area (Å²) in [5.41, 5.74) is 28.9. The smallest absolute Gasteiger partial charge is 0.144 e. The second-order valence-electron chi connectivity index (χ2n) is 28.9. The van der Waals surface area contributed by atoms with Gasteiger partial charge in [-0.1, -0.05) is 209 Å². The fourth-order valence-corrected chi connectivity index (χ4v) is 19.4. The van der Waals surface area contributed by atoms with Crippen LogP contribution in [0.15, 0.2) is 193 Å². The van der Waals surface area contributed by atoms with Gasteiger partial charge in [0.1, 0.15) is 0 Å². The molecule has 0 saturated carbocycles. The summed E-state index contributed by atoms with van der Waals surface area (Å²) in [7, 11) is 0. The van der Waals surface area contributed by atoms with Crippen molar-refractivity contribution in [2.45, 2.75) is 218 Å². The third-order valence-corrected chi connectivity index (χ3v) is 25.0. The van der Waals surface area contributed by atoms with E-state index in [4.69, 9.17) is 7.96 Å². The van der Waals surface area contributed by atoms with Crippen molar-refractivity contribution in [1.82, 2.24) is 7.96 Å². The van der Waals surface area contributed by atoms with Crippen molar-refractivity contribution in [3.8, 4) is 77.9 Å². The van der Waals surface area contributed by atoms with Gasteiger partial charge >= 0.3 is 250 Å². The summed E-state index contributed by atoms with van der Waals surface area (Å²) in [6.45, 7) is 9.37. The SMILES string of the molecule is CCCCCCCCC1(CCCCCCCC)c2cc(-c3ccccc3)ccc2-c2ccc(-c3cc(/C=C/c4cccs4)c(-c4ccc5c(c4)C(CCCCCCCC)(CCCCCCCC)c4cc(-c6ccc(-c7ccccc7)c7n[se]nc67)ccc4-5)cc3/C=C/c3cccs3)cc21. The van der Waals surface area contributed by atoms with Gasteiger partial charge in [0.05, 0.1) is 0 Å². The van der Waals surface area contributed by atoms with Crippen LogP contribution in [0.4, 0.5) is 0 Å². The predicted octanol–water partition coefficient (Wildman–Crippen LogP) is 29.0.